The molecule has 2 nitrogen and oxygen atoms in total. The van der Waals surface area contributed by atoms with Gasteiger partial charge in [-0.15, -0.1) is 0 Å². The van der Waals surface area contributed by atoms with Crippen molar-refractivity contribution in [1.29, 1.82) is 0 Å². The number of allylic oxidation sites excluding steroid dienone is 4. The fourth-order valence-corrected chi connectivity index (χ4v) is 3.07. The van der Waals surface area contributed by atoms with E-state index in [1.807, 2.05) is 6.08 Å². The van der Waals surface area contributed by atoms with Gasteiger partial charge in [0.25, 0.3) is 0 Å². The number of hydrogen-bond donors (Lipinski definition) is 1. The normalized spacial score (nSPS) is 13.1. The Kier molecular flexibility index (Phi) is 18.5. The van der Waals surface area contributed by atoms with Gasteiger partial charge in [-0.3, -0.25) is 5.43 Å². The molecule has 1 heterocycles. The summed E-state index contributed by atoms with van der Waals surface area (Å²) in [5.41, 5.74) is 4.34. The summed E-state index contributed by atoms with van der Waals surface area (Å²) in [6.45, 7) is 2.29. The van der Waals surface area contributed by atoms with Crippen molar-refractivity contribution in [2.45, 2.75) is 103 Å². The van der Waals surface area contributed by atoms with Crippen molar-refractivity contribution in [3.63, 3.8) is 0 Å². The number of hydrazone groups is 1. The molecule has 0 fully saturated rings. The third-order valence-corrected chi connectivity index (χ3v) is 4.58. The quantitative estimate of drug-likeness (QED) is 0.269. The van der Waals surface area contributed by atoms with E-state index in [4.69, 9.17) is 0 Å². The molecule has 0 aromatic rings. The van der Waals surface area contributed by atoms with Gasteiger partial charge in [0.1, 0.15) is 0 Å². The predicted octanol–water partition coefficient (Wildman–Crippen LogP) is 6.51. The van der Waals surface area contributed by atoms with Crippen LogP contribution in [-0.2, 0) is 0 Å². The van der Waals surface area contributed by atoms with Crippen molar-refractivity contribution in [3.05, 3.63) is 23.9 Å². The number of nitrogens with one attached hydrogen (secondary N) is 1. The monoisotopic (exact) mass is 325 g/mol. The van der Waals surface area contributed by atoms with E-state index in [0.717, 1.165) is 6.42 Å². The van der Waals surface area contributed by atoms with E-state index < -0.39 is 0 Å². The molecular formula is C21H38LiN2. The molecule has 1 aliphatic heterocycles. The first-order valence-corrected chi connectivity index (χ1v) is 10.1. The van der Waals surface area contributed by atoms with Gasteiger partial charge in [0.05, 0.1) is 0 Å². The van der Waals surface area contributed by atoms with Gasteiger partial charge in [-0.2, -0.15) is 5.10 Å². The Morgan fingerprint density at radius 3 is 1.75 bits per heavy atom. The molecule has 1 rings (SSSR count). The van der Waals surface area contributed by atoms with E-state index in [0.29, 0.717) is 0 Å². The first-order chi connectivity index (χ1) is 11.4. The van der Waals surface area contributed by atoms with Crippen molar-refractivity contribution in [1.82, 2.24) is 5.43 Å². The molecule has 0 spiro atoms. The maximum atomic E-state index is 4.11. The van der Waals surface area contributed by atoms with E-state index in [9.17, 15) is 0 Å². The van der Waals surface area contributed by atoms with Crippen LogP contribution in [0.4, 0.5) is 0 Å². The summed E-state index contributed by atoms with van der Waals surface area (Å²) >= 11 is 0. The molecule has 133 valence electrons. The summed E-state index contributed by atoms with van der Waals surface area (Å²) in [6.07, 6.45) is 28.9. The van der Waals surface area contributed by atoms with Gasteiger partial charge in [-0.25, -0.2) is 0 Å². The van der Waals surface area contributed by atoms with Gasteiger partial charge in [-0.05, 0) is 25.0 Å². The van der Waals surface area contributed by atoms with E-state index in [1.165, 1.54) is 95.6 Å². The minimum atomic E-state index is 0. The van der Waals surface area contributed by atoms with Crippen molar-refractivity contribution in [2.75, 3.05) is 0 Å². The summed E-state index contributed by atoms with van der Waals surface area (Å²) in [6, 6.07) is 0. The summed E-state index contributed by atoms with van der Waals surface area (Å²) in [7, 11) is 0. The van der Waals surface area contributed by atoms with Crippen molar-refractivity contribution in [2.24, 2.45) is 5.10 Å². The van der Waals surface area contributed by atoms with Crippen LogP contribution in [0.3, 0.4) is 0 Å². The summed E-state index contributed by atoms with van der Waals surface area (Å²) in [5.74, 6) is 0. The molecule has 24 heavy (non-hydrogen) atoms. The van der Waals surface area contributed by atoms with Crippen LogP contribution in [-0.4, -0.2) is 25.1 Å². The van der Waals surface area contributed by atoms with Crippen LogP contribution >= 0.6 is 0 Å². The third kappa shape index (κ3) is 15.1. The molecule has 0 aromatic carbocycles. The Labute approximate surface area is 162 Å². The molecule has 0 unspecified atom stereocenters. The van der Waals surface area contributed by atoms with Crippen molar-refractivity contribution >= 4 is 25.1 Å². The molecular weight excluding hydrogens is 287 g/mol. The topological polar surface area (TPSA) is 24.4 Å². The van der Waals surface area contributed by atoms with E-state index in [-0.39, 0.29) is 18.9 Å². The van der Waals surface area contributed by atoms with Crippen LogP contribution < -0.4 is 5.43 Å². The summed E-state index contributed by atoms with van der Waals surface area (Å²) in [5, 5.41) is 4.11. The Morgan fingerprint density at radius 1 is 0.708 bits per heavy atom. The average Bonchev–Trinajstić information content (AvgIpc) is 2.84. The Bertz CT molecular complexity index is 348. The predicted molar refractivity (Wildman–Crippen MR) is 110 cm³/mol. The molecule has 1 aliphatic rings. The molecule has 1 radical (unpaired) electrons. The van der Waals surface area contributed by atoms with Crippen LogP contribution in [0.25, 0.3) is 0 Å². The average molecular weight is 325 g/mol. The first kappa shape index (κ1) is 23.5. The zero-order valence-electron chi connectivity index (χ0n) is 16.4. The summed E-state index contributed by atoms with van der Waals surface area (Å²) in [4.78, 5) is 0. The molecule has 0 aliphatic carbocycles. The van der Waals surface area contributed by atoms with Gasteiger partial charge in [-0.1, -0.05) is 96.5 Å². The smallest absolute Gasteiger partial charge is 0.0472 e. The van der Waals surface area contributed by atoms with Crippen molar-refractivity contribution < 1.29 is 0 Å². The van der Waals surface area contributed by atoms with Gasteiger partial charge < -0.3 is 0 Å². The standard InChI is InChI=1S/C21H38N2.Li/c1-2-3-4-5-6-7-8-9-10-11-12-13-14-15-18-21-19-16-17-20-22-23-21;/h16-17,19-20,23H,2-15,18H2,1H3;. The van der Waals surface area contributed by atoms with Gasteiger partial charge in [0, 0.05) is 30.8 Å². The Morgan fingerprint density at radius 2 is 1.21 bits per heavy atom. The second-order valence-electron chi connectivity index (χ2n) is 6.81. The molecule has 1 N–H and O–H groups in total. The molecule has 3 heteroatoms. The minimum Gasteiger partial charge on any atom is -0.283 e. The summed E-state index contributed by atoms with van der Waals surface area (Å²) < 4.78 is 0. The zero-order valence-corrected chi connectivity index (χ0v) is 16.4. The third-order valence-electron chi connectivity index (χ3n) is 4.58. The maximum absolute atomic E-state index is 4.11. The zero-order chi connectivity index (χ0) is 16.4. The van der Waals surface area contributed by atoms with Crippen LogP contribution in [0, 0.1) is 0 Å². The van der Waals surface area contributed by atoms with Crippen LogP contribution in [0.2, 0.25) is 0 Å². The van der Waals surface area contributed by atoms with Crippen molar-refractivity contribution in [3.8, 4) is 0 Å². The van der Waals surface area contributed by atoms with E-state index >= 15 is 0 Å². The molecule has 0 aromatic heterocycles. The van der Waals surface area contributed by atoms with Crippen LogP contribution in [0.5, 0.6) is 0 Å². The number of hydrogen-bond acceptors (Lipinski definition) is 2. The second kappa shape index (κ2) is 18.9. The van der Waals surface area contributed by atoms with E-state index in [1.54, 1.807) is 6.21 Å². The second-order valence-corrected chi connectivity index (χ2v) is 6.81. The molecule has 0 saturated heterocycles. The fourth-order valence-electron chi connectivity index (χ4n) is 3.07. The van der Waals surface area contributed by atoms with E-state index in [2.05, 4.69) is 29.6 Å². The number of unbranched alkanes of at least 4 members (excludes halogenated alkanes) is 13. The van der Waals surface area contributed by atoms with Gasteiger partial charge in [0.2, 0.25) is 0 Å². The first-order valence-electron chi connectivity index (χ1n) is 10.1. The van der Waals surface area contributed by atoms with Crippen LogP contribution in [0.1, 0.15) is 103 Å². The van der Waals surface area contributed by atoms with Gasteiger partial charge >= 0.3 is 0 Å². The molecule has 0 bridgehead atoms. The van der Waals surface area contributed by atoms with Crippen LogP contribution in [0.15, 0.2) is 29.0 Å². The molecule has 0 amide bonds. The number of nitrogens with zero attached hydrogens (tertiary/aromatic N) is 1. The fraction of sp³-hybridized carbons (Fsp3) is 0.762. The Balaban J connectivity index is 0.00000529. The Hall–Kier alpha value is -0.453. The molecule has 0 atom stereocenters. The maximum Gasteiger partial charge on any atom is 0.0472 e. The largest absolute Gasteiger partial charge is 0.283 e. The minimum absolute atomic E-state index is 0. The SMILES string of the molecule is CCCCCCCCCCCCCCCCC1=CC=CC=NN1.[Li]. The van der Waals surface area contributed by atoms with Gasteiger partial charge in [0.15, 0.2) is 0 Å². The molecule has 0 saturated carbocycles. The number of rotatable bonds is 15.